The molecule has 0 saturated heterocycles. The summed E-state index contributed by atoms with van der Waals surface area (Å²) in [5.74, 6) is -0.872. The molecule has 0 spiro atoms. The van der Waals surface area contributed by atoms with Gasteiger partial charge in [-0.25, -0.2) is 0 Å². The largest absolute Gasteiger partial charge is 0.462 e. The van der Waals surface area contributed by atoms with Gasteiger partial charge in [0.25, 0.3) is 0 Å². The highest BCUT2D eigenvalue weighted by molar-refractivity contribution is 5.71. The molecule has 0 rings (SSSR count). The van der Waals surface area contributed by atoms with Crippen LogP contribution in [0.15, 0.2) is 24.3 Å². The van der Waals surface area contributed by atoms with Gasteiger partial charge in [0.1, 0.15) is 13.2 Å². The van der Waals surface area contributed by atoms with Gasteiger partial charge in [-0.3, -0.25) is 14.4 Å². The van der Waals surface area contributed by atoms with Crippen molar-refractivity contribution in [2.24, 2.45) is 0 Å². The van der Waals surface area contributed by atoms with Crippen LogP contribution in [0.25, 0.3) is 0 Å². The lowest BCUT2D eigenvalue weighted by molar-refractivity contribution is -0.167. The van der Waals surface area contributed by atoms with Gasteiger partial charge in [0, 0.05) is 19.3 Å². The molecule has 0 bridgehead atoms. The Morgan fingerprint density at radius 2 is 0.600 bits per heavy atom. The van der Waals surface area contributed by atoms with E-state index < -0.39 is 6.10 Å². The molecule has 0 amide bonds. The number of esters is 3. The lowest BCUT2D eigenvalue weighted by Gasteiger charge is -2.18. The molecule has 0 aliphatic heterocycles. The van der Waals surface area contributed by atoms with Gasteiger partial charge in [0.15, 0.2) is 6.10 Å². The molecule has 0 heterocycles. The Balaban J connectivity index is 4.34. The second-order valence-corrected chi connectivity index (χ2v) is 17.8. The van der Waals surface area contributed by atoms with Crippen molar-refractivity contribution in [3.05, 3.63) is 24.3 Å². The smallest absolute Gasteiger partial charge is 0.306 e. The molecule has 0 radical (unpaired) electrons. The van der Waals surface area contributed by atoms with Crippen LogP contribution < -0.4 is 0 Å². The van der Waals surface area contributed by atoms with Crippen LogP contribution in [-0.2, 0) is 28.6 Å². The van der Waals surface area contributed by atoms with E-state index in [1.54, 1.807) is 0 Å². The molecule has 0 aromatic rings. The first kappa shape index (κ1) is 57.9. The predicted molar refractivity (Wildman–Crippen MR) is 256 cm³/mol. The summed E-state index contributed by atoms with van der Waals surface area (Å²) in [6.07, 6.45) is 55.8. The lowest BCUT2D eigenvalue weighted by Crippen LogP contribution is -2.30. The molecule has 60 heavy (non-hydrogen) atoms. The van der Waals surface area contributed by atoms with Crippen LogP contribution in [-0.4, -0.2) is 37.2 Å². The second kappa shape index (κ2) is 49.5. The molecular formula is C54H100O6. The Hall–Kier alpha value is -2.11. The molecule has 6 nitrogen and oxygen atoms in total. The van der Waals surface area contributed by atoms with Crippen molar-refractivity contribution in [1.82, 2.24) is 0 Å². The third-order valence-electron chi connectivity index (χ3n) is 11.7. The van der Waals surface area contributed by atoms with E-state index in [4.69, 9.17) is 14.2 Å². The summed E-state index contributed by atoms with van der Waals surface area (Å²) in [5, 5.41) is 0. The van der Waals surface area contributed by atoms with Gasteiger partial charge in [-0.15, -0.1) is 0 Å². The first-order valence-corrected chi connectivity index (χ1v) is 26.3. The molecule has 0 aromatic carbocycles. The number of rotatable bonds is 48. The standard InChI is InChI=1S/C54H100O6/c1-4-7-10-13-16-19-22-24-26-28-29-32-35-38-41-44-47-53(56)59-50-51(49-58-52(55)46-43-40-37-34-31-21-18-15-12-9-6-3)60-54(57)48-45-42-39-36-33-30-27-25-23-20-17-14-11-8-5-2/h17,20,25,27,51H,4-16,18-19,21-24,26,28-50H2,1-3H3/b20-17-,27-25-/t51-/m1/s1. The van der Waals surface area contributed by atoms with Gasteiger partial charge in [-0.2, -0.15) is 0 Å². The van der Waals surface area contributed by atoms with Gasteiger partial charge >= 0.3 is 17.9 Å². The van der Waals surface area contributed by atoms with Crippen LogP contribution in [0.4, 0.5) is 0 Å². The fraction of sp³-hybridized carbons (Fsp3) is 0.870. The van der Waals surface area contributed by atoms with E-state index in [1.165, 1.54) is 167 Å². The molecule has 0 N–H and O–H groups in total. The Morgan fingerprint density at radius 1 is 0.333 bits per heavy atom. The summed E-state index contributed by atoms with van der Waals surface area (Å²) in [4.78, 5) is 37.9. The predicted octanol–water partition coefficient (Wildman–Crippen LogP) is 17.2. The number of hydrogen-bond acceptors (Lipinski definition) is 6. The number of carbonyl (C=O) groups excluding carboxylic acids is 3. The number of unbranched alkanes of at least 4 members (excludes halogenated alkanes) is 33. The van der Waals surface area contributed by atoms with E-state index in [1.807, 2.05) is 0 Å². The Morgan fingerprint density at radius 3 is 0.950 bits per heavy atom. The van der Waals surface area contributed by atoms with Crippen LogP contribution in [0.1, 0.15) is 284 Å². The van der Waals surface area contributed by atoms with Crippen molar-refractivity contribution < 1.29 is 28.6 Å². The van der Waals surface area contributed by atoms with Crippen molar-refractivity contribution in [2.75, 3.05) is 13.2 Å². The highest BCUT2D eigenvalue weighted by Gasteiger charge is 2.19. The Labute approximate surface area is 373 Å². The maximum absolute atomic E-state index is 12.8. The van der Waals surface area contributed by atoms with E-state index in [0.29, 0.717) is 19.3 Å². The van der Waals surface area contributed by atoms with Gasteiger partial charge < -0.3 is 14.2 Å². The normalized spacial score (nSPS) is 12.1. The van der Waals surface area contributed by atoms with Crippen molar-refractivity contribution in [1.29, 1.82) is 0 Å². The van der Waals surface area contributed by atoms with E-state index in [2.05, 4.69) is 45.1 Å². The van der Waals surface area contributed by atoms with Gasteiger partial charge in [0.05, 0.1) is 0 Å². The van der Waals surface area contributed by atoms with Crippen LogP contribution in [0.5, 0.6) is 0 Å². The average Bonchev–Trinajstić information content (AvgIpc) is 3.24. The molecular weight excluding hydrogens is 745 g/mol. The quantitative estimate of drug-likeness (QED) is 0.0263. The molecule has 1 atom stereocenters. The van der Waals surface area contributed by atoms with Crippen LogP contribution in [0, 0.1) is 0 Å². The van der Waals surface area contributed by atoms with Crippen molar-refractivity contribution in [2.45, 2.75) is 290 Å². The maximum atomic E-state index is 12.8. The Kier molecular flexibility index (Phi) is 47.8. The highest BCUT2D eigenvalue weighted by atomic mass is 16.6. The van der Waals surface area contributed by atoms with Gasteiger partial charge in [-0.1, -0.05) is 238 Å². The molecule has 6 heteroatoms. The summed E-state index contributed by atoms with van der Waals surface area (Å²) in [6, 6.07) is 0. The summed E-state index contributed by atoms with van der Waals surface area (Å²) < 4.78 is 16.8. The first-order chi connectivity index (χ1) is 29.5. The van der Waals surface area contributed by atoms with Crippen LogP contribution in [0.3, 0.4) is 0 Å². The third-order valence-corrected chi connectivity index (χ3v) is 11.7. The fourth-order valence-electron chi connectivity index (χ4n) is 7.71. The molecule has 0 aliphatic carbocycles. The van der Waals surface area contributed by atoms with Crippen molar-refractivity contribution >= 4 is 17.9 Å². The SMILES string of the molecule is CCCCC/C=C\C/C=C\CCCCCCCC(=O)O[C@H](COC(=O)CCCCCCCCCCCCC)COC(=O)CCCCCCCCCCCCCCCCCC. The first-order valence-electron chi connectivity index (χ1n) is 26.3. The minimum absolute atomic E-state index is 0.0721. The maximum Gasteiger partial charge on any atom is 0.306 e. The molecule has 0 saturated carbocycles. The lowest BCUT2D eigenvalue weighted by atomic mass is 10.0. The zero-order valence-electron chi connectivity index (χ0n) is 40.2. The van der Waals surface area contributed by atoms with E-state index in [0.717, 1.165) is 77.0 Å². The Bertz CT molecular complexity index is 973. The number of carbonyl (C=O) groups is 3. The molecule has 0 unspecified atom stereocenters. The van der Waals surface area contributed by atoms with Crippen molar-refractivity contribution in [3.8, 4) is 0 Å². The zero-order chi connectivity index (χ0) is 43.7. The average molecular weight is 845 g/mol. The monoisotopic (exact) mass is 845 g/mol. The highest BCUT2D eigenvalue weighted by Crippen LogP contribution is 2.16. The minimum Gasteiger partial charge on any atom is -0.462 e. The van der Waals surface area contributed by atoms with E-state index in [9.17, 15) is 14.4 Å². The minimum atomic E-state index is -0.772. The summed E-state index contributed by atoms with van der Waals surface area (Å²) >= 11 is 0. The molecule has 352 valence electrons. The third kappa shape index (κ3) is 46.9. The number of ether oxygens (including phenoxy) is 3. The number of allylic oxidation sites excluding steroid dienone is 4. The van der Waals surface area contributed by atoms with Gasteiger partial charge in [0.2, 0.25) is 0 Å². The topological polar surface area (TPSA) is 78.9 Å². The van der Waals surface area contributed by atoms with Crippen LogP contribution in [0.2, 0.25) is 0 Å². The van der Waals surface area contributed by atoms with Crippen molar-refractivity contribution in [3.63, 3.8) is 0 Å². The fourth-order valence-corrected chi connectivity index (χ4v) is 7.71. The van der Waals surface area contributed by atoms with Gasteiger partial charge in [-0.05, 0) is 51.4 Å². The second-order valence-electron chi connectivity index (χ2n) is 17.8. The molecule has 0 aromatic heterocycles. The molecule has 0 aliphatic rings. The van der Waals surface area contributed by atoms with E-state index >= 15 is 0 Å². The van der Waals surface area contributed by atoms with E-state index in [-0.39, 0.29) is 31.1 Å². The zero-order valence-corrected chi connectivity index (χ0v) is 40.2. The summed E-state index contributed by atoms with van der Waals surface area (Å²) in [5.41, 5.74) is 0. The molecule has 0 fully saturated rings. The summed E-state index contributed by atoms with van der Waals surface area (Å²) in [6.45, 7) is 6.62. The van der Waals surface area contributed by atoms with Crippen LogP contribution >= 0.6 is 0 Å². The summed E-state index contributed by atoms with van der Waals surface area (Å²) in [7, 11) is 0. The number of hydrogen-bond donors (Lipinski definition) is 0.